The van der Waals surface area contributed by atoms with E-state index < -0.39 is 10.2 Å². The van der Waals surface area contributed by atoms with E-state index in [9.17, 15) is 8.42 Å². The Morgan fingerprint density at radius 2 is 1.81 bits per heavy atom. The van der Waals surface area contributed by atoms with Gasteiger partial charge >= 0.3 is 0 Å². The minimum atomic E-state index is -3.26. The van der Waals surface area contributed by atoms with Gasteiger partial charge in [-0.25, -0.2) is 9.44 Å². The minimum absolute atomic E-state index is 0.503. The Labute approximate surface area is 98.6 Å². The Morgan fingerprint density at radius 1 is 1.19 bits per heavy atom. The highest BCUT2D eigenvalue weighted by Crippen LogP contribution is 2.14. The highest BCUT2D eigenvalue weighted by molar-refractivity contribution is 7.87. The molecule has 0 aliphatic carbocycles. The average molecular weight is 249 g/mol. The lowest BCUT2D eigenvalue weighted by Gasteiger charge is -2.22. The van der Waals surface area contributed by atoms with E-state index in [4.69, 9.17) is 0 Å². The van der Waals surface area contributed by atoms with Gasteiger partial charge in [-0.05, 0) is 44.7 Å². The first-order valence-corrected chi connectivity index (χ1v) is 7.57. The zero-order valence-corrected chi connectivity index (χ0v) is 10.8. The summed E-state index contributed by atoms with van der Waals surface area (Å²) >= 11 is 0. The van der Waals surface area contributed by atoms with Crippen molar-refractivity contribution >= 4 is 10.2 Å². The summed E-state index contributed by atoms with van der Waals surface area (Å²) < 4.78 is 27.9. The van der Waals surface area contributed by atoms with Crippen molar-refractivity contribution in [2.24, 2.45) is 5.92 Å². The van der Waals surface area contributed by atoms with Gasteiger partial charge in [-0.3, -0.25) is 0 Å². The number of hydrogen-bond acceptors (Lipinski definition) is 3. The molecule has 1 rings (SSSR count). The quantitative estimate of drug-likeness (QED) is 0.604. The zero-order valence-electron chi connectivity index (χ0n) is 9.96. The molecule has 0 unspecified atom stereocenters. The van der Waals surface area contributed by atoms with Gasteiger partial charge in [0.25, 0.3) is 10.2 Å². The lowest BCUT2D eigenvalue weighted by atomic mass is 9.95. The molecular weight excluding hydrogens is 226 g/mol. The second-order valence-electron chi connectivity index (χ2n) is 4.27. The standard InChI is InChI=1S/C10H23N3O2S/c1-2-6-12-16(14,15)13-9-5-10-3-7-11-8-4-10/h10-13H,2-9H2,1H3. The molecule has 0 spiro atoms. The van der Waals surface area contributed by atoms with E-state index in [1.54, 1.807) is 0 Å². The smallest absolute Gasteiger partial charge is 0.276 e. The van der Waals surface area contributed by atoms with E-state index in [1.807, 2.05) is 6.92 Å². The summed E-state index contributed by atoms with van der Waals surface area (Å²) in [4.78, 5) is 0. The highest BCUT2D eigenvalue weighted by Gasteiger charge is 2.14. The molecule has 0 amide bonds. The SMILES string of the molecule is CCCNS(=O)(=O)NCCC1CCNCC1. The predicted octanol–water partition coefficient (Wildman–Crippen LogP) is 0.210. The maximum atomic E-state index is 11.4. The fourth-order valence-corrected chi connectivity index (χ4v) is 2.82. The third-order valence-electron chi connectivity index (χ3n) is 2.85. The second-order valence-corrected chi connectivity index (χ2v) is 5.86. The summed E-state index contributed by atoms with van der Waals surface area (Å²) in [7, 11) is -3.26. The molecule has 1 saturated heterocycles. The topological polar surface area (TPSA) is 70.2 Å². The van der Waals surface area contributed by atoms with Crippen LogP contribution in [0.15, 0.2) is 0 Å². The molecule has 0 aromatic rings. The number of hydrogen-bond donors (Lipinski definition) is 3. The van der Waals surface area contributed by atoms with Gasteiger partial charge in [0, 0.05) is 13.1 Å². The van der Waals surface area contributed by atoms with Crippen molar-refractivity contribution in [2.45, 2.75) is 32.6 Å². The predicted molar refractivity (Wildman–Crippen MR) is 65.4 cm³/mol. The Kier molecular flexibility index (Phi) is 6.26. The number of nitrogens with one attached hydrogen (secondary N) is 3. The molecule has 1 heterocycles. The molecule has 0 atom stereocenters. The summed E-state index contributed by atoms with van der Waals surface area (Å²) in [6.07, 6.45) is 4.07. The Hall–Kier alpha value is -0.170. The van der Waals surface area contributed by atoms with Crippen LogP contribution in [-0.4, -0.2) is 34.6 Å². The lowest BCUT2D eigenvalue weighted by Crippen LogP contribution is -2.38. The summed E-state index contributed by atoms with van der Waals surface area (Å²) in [6, 6.07) is 0. The van der Waals surface area contributed by atoms with Crippen LogP contribution in [0.3, 0.4) is 0 Å². The first-order valence-electron chi connectivity index (χ1n) is 6.09. The van der Waals surface area contributed by atoms with Gasteiger partial charge in [0.05, 0.1) is 0 Å². The second kappa shape index (κ2) is 7.21. The van der Waals surface area contributed by atoms with Crippen molar-refractivity contribution < 1.29 is 8.42 Å². The molecule has 0 radical (unpaired) electrons. The van der Waals surface area contributed by atoms with Crippen LogP contribution in [-0.2, 0) is 10.2 Å². The van der Waals surface area contributed by atoms with Gasteiger partial charge in [-0.2, -0.15) is 8.42 Å². The first kappa shape index (κ1) is 13.9. The van der Waals surface area contributed by atoms with Crippen LogP contribution >= 0.6 is 0 Å². The van der Waals surface area contributed by atoms with Gasteiger partial charge in [0.15, 0.2) is 0 Å². The largest absolute Gasteiger partial charge is 0.317 e. The molecule has 0 aromatic carbocycles. The van der Waals surface area contributed by atoms with Crippen molar-refractivity contribution in [3.05, 3.63) is 0 Å². The average Bonchev–Trinajstić information content (AvgIpc) is 2.28. The molecule has 3 N–H and O–H groups in total. The minimum Gasteiger partial charge on any atom is -0.317 e. The van der Waals surface area contributed by atoms with E-state index in [0.717, 1.165) is 38.8 Å². The van der Waals surface area contributed by atoms with E-state index >= 15 is 0 Å². The molecule has 1 aliphatic heterocycles. The molecule has 0 aromatic heterocycles. The fourth-order valence-electron chi connectivity index (χ4n) is 1.86. The third-order valence-corrected chi connectivity index (χ3v) is 4.01. The summed E-state index contributed by atoms with van der Waals surface area (Å²) in [6.45, 7) is 5.11. The Morgan fingerprint density at radius 3 is 2.44 bits per heavy atom. The van der Waals surface area contributed by atoms with Crippen molar-refractivity contribution in [1.29, 1.82) is 0 Å². The normalized spacial score (nSPS) is 18.8. The summed E-state index contributed by atoms with van der Waals surface area (Å²) in [5.41, 5.74) is 0. The van der Waals surface area contributed by atoms with Gasteiger partial charge < -0.3 is 5.32 Å². The van der Waals surface area contributed by atoms with Gasteiger partial charge in [0.1, 0.15) is 0 Å². The number of rotatable bonds is 7. The van der Waals surface area contributed by atoms with Crippen molar-refractivity contribution in [1.82, 2.24) is 14.8 Å². The number of piperidine rings is 1. The van der Waals surface area contributed by atoms with Crippen molar-refractivity contribution in [3.8, 4) is 0 Å². The van der Waals surface area contributed by atoms with Crippen LogP contribution in [0.5, 0.6) is 0 Å². The van der Waals surface area contributed by atoms with Crippen LogP contribution in [0.25, 0.3) is 0 Å². The Balaban J connectivity index is 2.13. The van der Waals surface area contributed by atoms with E-state index in [-0.39, 0.29) is 0 Å². The van der Waals surface area contributed by atoms with Crippen LogP contribution in [0.4, 0.5) is 0 Å². The summed E-state index contributed by atoms with van der Waals surface area (Å²) in [5.74, 6) is 0.662. The molecule has 16 heavy (non-hydrogen) atoms. The molecule has 5 nitrogen and oxygen atoms in total. The van der Waals surface area contributed by atoms with Crippen LogP contribution in [0.2, 0.25) is 0 Å². The van der Waals surface area contributed by atoms with Crippen molar-refractivity contribution in [3.63, 3.8) is 0 Å². The fraction of sp³-hybridized carbons (Fsp3) is 1.00. The lowest BCUT2D eigenvalue weighted by molar-refractivity contribution is 0.354. The van der Waals surface area contributed by atoms with E-state index in [2.05, 4.69) is 14.8 Å². The third kappa shape index (κ3) is 5.79. The maximum absolute atomic E-state index is 11.4. The van der Waals surface area contributed by atoms with Gasteiger partial charge in [-0.1, -0.05) is 6.92 Å². The van der Waals surface area contributed by atoms with Crippen molar-refractivity contribution in [2.75, 3.05) is 26.2 Å². The molecule has 96 valence electrons. The van der Waals surface area contributed by atoms with Gasteiger partial charge in [0.2, 0.25) is 0 Å². The van der Waals surface area contributed by atoms with Gasteiger partial charge in [-0.15, -0.1) is 0 Å². The highest BCUT2D eigenvalue weighted by atomic mass is 32.2. The zero-order chi connectivity index (χ0) is 11.9. The molecule has 1 fully saturated rings. The van der Waals surface area contributed by atoms with Crippen LogP contribution < -0.4 is 14.8 Å². The van der Waals surface area contributed by atoms with E-state index in [0.29, 0.717) is 19.0 Å². The van der Waals surface area contributed by atoms with Crippen LogP contribution in [0.1, 0.15) is 32.6 Å². The first-order chi connectivity index (χ1) is 7.64. The summed E-state index contributed by atoms with van der Waals surface area (Å²) in [5, 5.41) is 3.30. The molecule has 0 saturated carbocycles. The maximum Gasteiger partial charge on any atom is 0.276 e. The van der Waals surface area contributed by atoms with E-state index in [1.165, 1.54) is 0 Å². The monoisotopic (exact) mass is 249 g/mol. The Bertz CT molecular complexity index is 274. The molecule has 0 bridgehead atoms. The molecule has 1 aliphatic rings. The van der Waals surface area contributed by atoms with Crippen LogP contribution in [0, 0.1) is 5.92 Å². The molecular formula is C10H23N3O2S. The molecule has 6 heteroatoms.